The van der Waals surface area contributed by atoms with Gasteiger partial charge in [-0.3, -0.25) is 9.52 Å². The Balaban J connectivity index is 1.86. The van der Waals surface area contributed by atoms with Crippen LogP contribution in [-0.2, 0) is 16.4 Å². The van der Waals surface area contributed by atoms with Crippen molar-refractivity contribution < 1.29 is 17.9 Å². The molecule has 0 bridgehead atoms. The highest BCUT2D eigenvalue weighted by molar-refractivity contribution is 7.98. The van der Waals surface area contributed by atoms with Crippen LogP contribution in [0.1, 0.15) is 22.8 Å². The van der Waals surface area contributed by atoms with Crippen LogP contribution in [0.4, 0.5) is 0 Å². The number of amides is 1. The first-order valence-electron chi connectivity index (χ1n) is 11.4. The standard InChI is InChI=1S/C26H28ClN3O4S3/c1-4-28-26(35)30-37(32,33)24-15-17(5-11-21(24)18-6-9-20(36-3)10-7-18)13-14-29-25(31)22-16-19(27)8-12-23(22)34-2/h5-12,15-16H,4,13-14H2,1-3H3,(H,29,31)(H2,28,30,35). The number of carbonyl (C=O) groups is 1. The second kappa shape index (κ2) is 13.1. The van der Waals surface area contributed by atoms with Crippen LogP contribution in [0.15, 0.2) is 70.5 Å². The van der Waals surface area contributed by atoms with Crippen molar-refractivity contribution in [3.63, 3.8) is 0 Å². The van der Waals surface area contributed by atoms with E-state index < -0.39 is 10.0 Å². The fraction of sp³-hybridized carbons (Fsp3) is 0.231. The fourth-order valence-electron chi connectivity index (χ4n) is 3.60. The number of carbonyl (C=O) groups excluding carboxylic acids is 1. The summed E-state index contributed by atoms with van der Waals surface area (Å²) in [6, 6.07) is 17.7. The Kier molecular flexibility index (Phi) is 10.2. The van der Waals surface area contributed by atoms with Crippen molar-refractivity contribution in [1.29, 1.82) is 0 Å². The van der Waals surface area contributed by atoms with Crippen molar-refractivity contribution in [2.24, 2.45) is 0 Å². The molecule has 0 atom stereocenters. The van der Waals surface area contributed by atoms with Gasteiger partial charge >= 0.3 is 0 Å². The van der Waals surface area contributed by atoms with E-state index in [1.54, 1.807) is 36.0 Å². The number of hydrogen-bond donors (Lipinski definition) is 3. The average molecular weight is 578 g/mol. The molecular formula is C26H28ClN3O4S3. The van der Waals surface area contributed by atoms with Crippen LogP contribution in [-0.4, -0.2) is 45.9 Å². The summed E-state index contributed by atoms with van der Waals surface area (Å²) in [4.78, 5) is 13.9. The summed E-state index contributed by atoms with van der Waals surface area (Å²) in [5.74, 6) is 0.0743. The molecular weight excluding hydrogens is 550 g/mol. The minimum atomic E-state index is -3.97. The third-order valence-electron chi connectivity index (χ3n) is 5.41. The molecule has 0 saturated carbocycles. The van der Waals surface area contributed by atoms with Gasteiger partial charge < -0.3 is 15.4 Å². The first-order chi connectivity index (χ1) is 17.7. The molecule has 0 aromatic heterocycles. The lowest BCUT2D eigenvalue weighted by molar-refractivity contribution is 0.0951. The van der Waals surface area contributed by atoms with Crippen LogP contribution in [0, 0.1) is 0 Å². The average Bonchev–Trinajstić information content (AvgIpc) is 2.88. The van der Waals surface area contributed by atoms with Crippen LogP contribution >= 0.6 is 35.6 Å². The summed E-state index contributed by atoms with van der Waals surface area (Å²) < 4.78 is 34.3. The van der Waals surface area contributed by atoms with Crippen molar-refractivity contribution in [2.45, 2.75) is 23.1 Å². The molecule has 3 aromatic carbocycles. The number of halogens is 1. The van der Waals surface area contributed by atoms with Gasteiger partial charge in [-0.2, -0.15) is 0 Å². The molecule has 0 aliphatic heterocycles. The van der Waals surface area contributed by atoms with Crippen molar-refractivity contribution in [2.75, 3.05) is 26.5 Å². The number of ether oxygens (including phenoxy) is 1. The number of methoxy groups -OCH3 is 1. The van der Waals surface area contributed by atoms with Crippen LogP contribution in [0.5, 0.6) is 5.75 Å². The zero-order chi connectivity index (χ0) is 27.0. The van der Waals surface area contributed by atoms with E-state index in [2.05, 4.69) is 15.4 Å². The van der Waals surface area contributed by atoms with E-state index in [0.717, 1.165) is 16.0 Å². The number of benzene rings is 3. The Morgan fingerprint density at radius 1 is 1.05 bits per heavy atom. The van der Waals surface area contributed by atoms with Gasteiger partial charge in [0.1, 0.15) is 5.75 Å². The van der Waals surface area contributed by atoms with Gasteiger partial charge in [-0.05, 0) is 79.3 Å². The van der Waals surface area contributed by atoms with E-state index >= 15 is 0 Å². The third kappa shape index (κ3) is 7.61. The highest BCUT2D eigenvalue weighted by Crippen LogP contribution is 2.30. The van der Waals surface area contributed by atoms with Crippen LogP contribution in [0.25, 0.3) is 11.1 Å². The van der Waals surface area contributed by atoms with Gasteiger partial charge in [-0.1, -0.05) is 35.9 Å². The number of thiocarbonyl (C=S) groups is 1. The zero-order valence-corrected chi connectivity index (χ0v) is 23.8. The van der Waals surface area contributed by atoms with Gasteiger partial charge in [0.05, 0.1) is 17.6 Å². The van der Waals surface area contributed by atoms with E-state index in [4.69, 9.17) is 28.6 Å². The fourth-order valence-corrected chi connectivity index (χ4v) is 5.86. The highest BCUT2D eigenvalue weighted by atomic mass is 35.5. The molecule has 1 amide bonds. The van der Waals surface area contributed by atoms with E-state index in [1.807, 2.05) is 43.5 Å². The molecule has 196 valence electrons. The van der Waals surface area contributed by atoms with Crippen LogP contribution < -0.4 is 20.1 Å². The normalized spacial score (nSPS) is 11.0. The number of nitrogens with one attached hydrogen (secondary N) is 3. The maximum absolute atomic E-state index is 13.3. The topological polar surface area (TPSA) is 96.5 Å². The molecule has 3 rings (SSSR count). The maximum atomic E-state index is 13.3. The first kappa shape index (κ1) is 28.8. The van der Waals surface area contributed by atoms with Crippen molar-refractivity contribution in [1.82, 2.24) is 15.4 Å². The first-order valence-corrected chi connectivity index (χ1v) is 14.9. The predicted octanol–water partition coefficient (Wildman–Crippen LogP) is 4.88. The SMILES string of the molecule is CCNC(=S)NS(=O)(=O)c1cc(CCNC(=O)c2cc(Cl)ccc2OC)ccc1-c1ccc(SC)cc1. The molecule has 0 heterocycles. The molecule has 37 heavy (non-hydrogen) atoms. The second-order valence-electron chi connectivity index (χ2n) is 7.87. The lowest BCUT2D eigenvalue weighted by atomic mass is 10.0. The van der Waals surface area contributed by atoms with Gasteiger partial charge in [-0.15, -0.1) is 11.8 Å². The monoisotopic (exact) mass is 577 g/mol. The molecule has 0 aliphatic rings. The maximum Gasteiger partial charge on any atom is 0.264 e. The quantitative estimate of drug-likeness (QED) is 0.233. The Morgan fingerprint density at radius 2 is 1.78 bits per heavy atom. The van der Waals surface area contributed by atoms with Gasteiger partial charge in [0.15, 0.2) is 5.11 Å². The predicted molar refractivity (Wildman–Crippen MR) is 154 cm³/mol. The third-order valence-corrected chi connectivity index (χ3v) is 8.15. The van der Waals surface area contributed by atoms with Crippen molar-refractivity contribution >= 4 is 56.6 Å². The highest BCUT2D eigenvalue weighted by Gasteiger charge is 2.22. The lowest BCUT2D eigenvalue weighted by Crippen LogP contribution is -2.39. The molecule has 3 N–H and O–H groups in total. The van der Waals surface area contributed by atoms with E-state index in [1.165, 1.54) is 13.2 Å². The summed E-state index contributed by atoms with van der Waals surface area (Å²) in [6.07, 6.45) is 2.38. The van der Waals surface area contributed by atoms with Crippen LogP contribution in [0.2, 0.25) is 5.02 Å². The van der Waals surface area contributed by atoms with E-state index in [-0.39, 0.29) is 22.5 Å². The van der Waals surface area contributed by atoms with E-state index in [9.17, 15) is 13.2 Å². The molecule has 0 spiro atoms. The number of sulfonamides is 1. The molecule has 0 fully saturated rings. The molecule has 0 unspecified atom stereocenters. The molecule has 7 nitrogen and oxygen atoms in total. The molecule has 0 saturated heterocycles. The largest absolute Gasteiger partial charge is 0.496 e. The second-order valence-corrected chi connectivity index (χ2v) is 11.2. The molecule has 11 heteroatoms. The molecule has 0 radical (unpaired) electrons. The van der Waals surface area contributed by atoms with Crippen molar-refractivity contribution in [3.05, 3.63) is 76.8 Å². The number of rotatable bonds is 10. The summed E-state index contributed by atoms with van der Waals surface area (Å²) in [6.45, 7) is 2.59. The summed E-state index contributed by atoms with van der Waals surface area (Å²) in [7, 11) is -2.49. The minimum absolute atomic E-state index is 0.0271. The summed E-state index contributed by atoms with van der Waals surface area (Å²) in [5.41, 5.74) is 2.37. The number of hydrogen-bond acceptors (Lipinski definition) is 6. The van der Waals surface area contributed by atoms with E-state index in [0.29, 0.717) is 34.9 Å². The molecule has 0 aliphatic carbocycles. The van der Waals surface area contributed by atoms with Gasteiger partial charge in [-0.25, -0.2) is 8.42 Å². The smallest absolute Gasteiger partial charge is 0.264 e. The van der Waals surface area contributed by atoms with Gasteiger partial charge in [0, 0.05) is 28.6 Å². The zero-order valence-electron chi connectivity index (χ0n) is 20.6. The Hall–Kier alpha value is -2.79. The Bertz CT molecular complexity index is 1380. The summed E-state index contributed by atoms with van der Waals surface area (Å²) in [5, 5.41) is 6.10. The Morgan fingerprint density at radius 3 is 2.43 bits per heavy atom. The molecule has 3 aromatic rings. The lowest BCUT2D eigenvalue weighted by Gasteiger charge is -2.16. The van der Waals surface area contributed by atoms with Gasteiger partial charge in [0.2, 0.25) is 0 Å². The van der Waals surface area contributed by atoms with Crippen molar-refractivity contribution in [3.8, 4) is 16.9 Å². The minimum Gasteiger partial charge on any atom is -0.496 e. The summed E-state index contributed by atoms with van der Waals surface area (Å²) >= 11 is 12.8. The van der Waals surface area contributed by atoms with Crippen LogP contribution in [0.3, 0.4) is 0 Å². The number of thioether (sulfide) groups is 1. The Labute approximate surface area is 232 Å². The van der Waals surface area contributed by atoms with Gasteiger partial charge in [0.25, 0.3) is 15.9 Å².